The Hall–Kier alpha value is -2.90. The van der Waals surface area contributed by atoms with E-state index >= 15 is 0 Å². The largest absolute Gasteiger partial charge is 0.464 e. The highest BCUT2D eigenvalue weighted by atomic mass is 16.3. The van der Waals surface area contributed by atoms with Gasteiger partial charge in [-0.15, -0.1) is 0 Å². The summed E-state index contributed by atoms with van der Waals surface area (Å²) in [6.45, 7) is 2.93. The number of anilines is 2. The van der Waals surface area contributed by atoms with Crippen LogP contribution in [0.4, 0.5) is 11.5 Å². The lowest BCUT2D eigenvalue weighted by molar-refractivity contribution is 0.206. The summed E-state index contributed by atoms with van der Waals surface area (Å²) in [6, 6.07) is 8.32. The van der Waals surface area contributed by atoms with Crippen molar-refractivity contribution in [1.82, 2.24) is 19.9 Å². The Morgan fingerprint density at radius 2 is 2.11 bits per heavy atom. The zero-order valence-electron chi connectivity index (χ0n) is 15.0. The van der Waals surface area contributed by atoms with Gasteiger partial charge in [0.1, 0.15) is 23.4 Å². The fraction of sp³-hybridized carbons (Fsp3) is 0.300. The summed E-state index contributed by atoms with van der Waals surface area (Å²) in [5, 5.41) is 5.55. The maximum atomic E-state index is 6.03. The van der Waals surface area contributed by atoms with Crippen LogP contribution in [0.15, 0.2) is 47.5 Å². The molecule has 1 saturated heterocycles. The number of hydrogen-bond donors (Lipinski definition) is 3. The van der Waals surface area contributed by atoms with Gasteiger partial charge in [-0.1, -0.05) is 0 Å². The van der Waals surface area contributed by atoms with Gasteiger partial charge in [0.05, 0.1) is 11.6 Å². The van der Waals surface area contributed by atoms with Crippen LogP contribution in [0.2, 0.25) is 0 Å². The molecule has 1 aliphatic rings. The summed E-state index contributed by atoms with van der Waals surface area (Å²) >= 11 is 0. The quantitative estimate of drug-likeness (QED) is 0.515. The minimum Gasteiger partial charge on any atom is -0.464 e. The van der Waals surface area contributed by atoms with Crippen LogP contribution >= 0.6 is 0 Å². The number of hydrogen-bond acceptors (Lipinski definition) is 6. The number of piperidine rings is 1. The van der Waals surface area contributed by atoms with Crippen LogP contribution in [0.5, 0.6) is 0 Å². The molecule has 1 aromatic carbocycles. The Morgan fingerprint density at radius 1 is 1.22 bits per heavy atom. The summed E-state index contributed by atoms with van der Waals surface area (Å²) in [6.07, 6.45) is 7.43. The van der Waals surface area contributed by atoms with Gasteiger partial charge in [0.2, 0.25) is 0 Å². The Labute approximate surface area is 156 Å². The third kappa shape index (κ3) is 3.15. The second kappa shape index (κ2) is 6.68. The van der Waals surface area contributed by atoms with Crippen LogP contribution in [0.25, 0.3) is 22.0 Å². The van der Waals surface area contributed by atoms with E-state index < -0.39 is 0 Å². The molecule has 7 nitrogen and oxygen atoms in total. The van der Waals surface area contributed by atoms with Gasteiger partial charge in [-0.3, -0.25) is 4.90 Å². The fourth-order valence-electron chi connectivity index (χ4n) is 3.78. The van der Waals surface area contributed by atoms with Crippen molar-refractivity contribution in [3.05, 3.63) is 48.6 Å². The zero-order chi connectivity index (χ0) is 18.2. The third-order valence-corrected chi connectivity index (χ3v) is 5.29. The first-order chi connectivity index (χ1) is 13.3. The van der Waals surface area contributed by atoms with Gasteiger partial charge in [0.25, 0.3) is 0 Å². The number of rotatable bonds is 4. The Kier molecular flexibility index (Phi) is 4.03. The monoisotopic (exact) mass is 362 g/mol. The Balaban J connectivity index is 1.45. The van der Waals surface area contributed by atoms with E-state index in [1.165, 1.54) is 5.56 Å². The maximum absolute atomic E-state index is 6.03. The second-order valence-electron chi connectivity index (χ2n) is 7.17. The zero-order valence-corrected chi connectivity index (χ0v) is 15.0. The van der Waals surface area contributed by atoms with Crippen molar-refractivity contribution in [3.8, 4) is 0 Å². The van der Waals surface area contributed by atoms with Crippen LogP contribution in [-0.2, 0) is 6.54 Å². The number of benzene rings is 1. The molecule has 3 aromatic heterocycles. The molecular weight excluding hydrogens is 340 g/mol. The summed E-state index contributed by atoms with van der Waals surface area (Å²) in [4.78, 5) is 14.6. The molecule has 0 saturated carbocycles. The van der Waals surface area contributed by atoms with Gasteiger partial charge in [-0.25, -0.2) is 9.97 Å². The standard InChI is InChI=1S/C20H22N6O/c21-15-3-6-26(7-4-15)11-14-10-22-19-18(14)20(24-12-23-19)25-16-1-2-17-13(9-16)5-8-27-17/h1-2,5,8-10,12,15H,3-4,6-7,11,21H2,(H2,22,23,24,25). The molecule has 4 N–H and O–H groups in total. The number of nitrogens with one attached hydrogen (secondary N) is 2. The number of nitrogens with two attached hydrogens (primary N) is 1. The molecule has 27 heavy (non-hydrogen) atoms. The predicted molar refractivity (Wildman–Crippen MR) is 106 cm³/mol. The lowest BCUT2D eigenvalue weighted by Gasteiger charge is -2.29. The third-order valence-electron chi connectivity index (χ3n) is 5.29. The topological polar surface area (TPSA) is 96.0 Å². The van der Waals surface area contributed by atoms with E-state index in [9.17, 15) is 0 Å². The highest BCUT2D eigenvalue weighted by Gasteiger charge is 2.19. The highest BCUT2D eigenvalue weighted by molar-refractivity contribution is 5.93. The van der Waals surface area contributed by atoms with Crippen LogP contribution in [0, 0.1) is 0 Å². The van der Waals surface area contributed by atoms with E-state index in [0.29, 0.717) is 6.04 Å². The molecule has 0 amide bonds. The molecule has 1 fully saturated rings. The summed E-state index contributed by atoms with van der Waals surface area (Å²) in [5.41, 5.74) is 9.93. The van der Waals surface area contributed by atoms with Crippen molar-refractivity contribution in [1.29, 1.82) is 0 Å². The van der Waals surface area contributed by atoms with Crippen LogP contribution in [-0.4, -0.2) is 39.0 Å². The fourth-order valence-corrected chi connectivity index (χ4v) is 3.78. The number of furan rings is 1. The van der Waals surface area contributed by atoms with Gasteiger partial charge in [-0.2, -0.15) is 0 Å². The molecule has 7 heteroatoms. The number of aromatic nitrogens is 3. The van der Waals surface area contributed by atoms with Crippen molar-refractivity contribution in [2.24, 2.45) is 5.73 Å². The molecule has 138 valence electrons. The molecule has 0 radical (unpaired) electrons. The molecule has 5 rings (SSSR count). The SMILES string of the molecule is NC1CCN(Cc2c[nH]c3ncnc(Nc4ccc5occc5c4)c23)CC1. The van der Waals surface area contributed by atoms with Crippen molar-refractivity contribution in [2.75, 3.05) is 18.4 Å². The lowest BCUT2D eigenvalue weighted by atomic mass is 10.1. The Morgan fingerprint density at radius 3 is 3.00 bits per heavy atom. The molecule has 1 aliphatic heterocycles. The molecule has 0 atom stereocenters. The van der Waals surface area contributed by atoms with Crippen molar-refractivity contribution in [2.45, 2.75) is 25.4 Å². The average molecular weight is 362 g/mol. The van der Waals surface area contributed by atoms with E-state index in [1.54, 1.807) is 12.6 Å². The normalized spacial score (nSPS) is 16.3. The van der Waals surface area contributed by atoms with E-state index in [-0.39, 0.29) is 0 Å². The maximum Gasteiger partial charge on any atom is 0.143 e. The number of aromatic amines is 1. The number of H-pyrrole nitrogens is 1. The van der Waals surface area contributed by atoms with Crippen molar-refractivity contribution >= 4 is 33.5 Å². The van der Waals surface area contributed by atoms with E-state index in [4.69, 9.17) is 10.2 Å². The predicted octanol–water partition coefficient (Wildman–Crippen LogP) is 3.37. The summed E-state index contributed by atoms with van der Waals surface area (Å²) in [7, 11) is 0. The first kappa shape index (κ1) is 16.3. The number of likely N-dealkylation sites (tertiary alicyclic amines) is 1. The average Bonchev–Trinajstić information content (AvgIpc) is 3.31. The Bertz CT molecular complexity index is 1080. The molecule has 4 aromatic rings. The molecule has 0 bridgehead atoms. The van der Waals surface area contributed by atoms with Gasteiger partial charge in [0.15, 0.2) is 0 Å². The first-order valence-electron chi connectivity index (χ1n) is 9.29. The molecule has 0 unspecified atom stereocenters. The highest BCUT2D eigenvalue weighted by Crippen LogP contribution is 2.29. The minimum atomic E-state index is 0.336. The lowest BCUT2D eigenvalue weighted by Crippen LogP contribution is -2.39. The van der Waals surface area contributed by atoms with E-state index in [2.05, 4.69) is 31.2 Å². The minimum absolute atomic E-state index is 0.336. The van der Waals surface area contributed by atoms with Gasteiger partial charge in [0, 0.05) is 29.9 Å². The van der Waals surface area contributed by atoms with Crippen molar-refractivity contribution < 1.29 is 4.42 Å². The van der Waals surface area contributed by atoms with E-state index in [1.807, 2.05) is 24.4 Å². The molecule has 0 aliphatic carbocycles. The molecule has 4 heterocycles. The van der Waals surface area contributed by atoms with E-state index in [0.717, 1.165) is 66.0 Å². The number of fused-ring (bicyclic) bond motifs is 2. The molecular formula is C20H22N6O. The molecule has 0 spiro atoms. The summed E-state index contributed by atoms with van der Waals surface area (Å²) < 4.78 is 5.42. The first-order valence-corrected chi connectivity index (χ1v) is 9.29. The summed E-state index contributed by atoms with van der Waals surface area (Å²) in [5.74, 6) is 0.813. The van der Waals surface area contributed by atoms with Crippen LogP contribution in [0.3, 0.4) is 0 Å². The van der Waals surface area contributed by atoms with Gasteiger partial charge in [-0.05, 0) is 55.8 Å². The van der Waals surface area contributed by atoms with Crippen LogP contribution < -0.4 is 11.1 Å². The van der Waals surface area contributed by atoms with Crippen LogP contribution in [0.1, 0.15) is 18.4 Å². The second-order valence-corrected chi connectivity index (χ2v) is 7.17. The number of nitrogens with zero attached hydrogens (tertiary/aromatic N) is 3. The smallest absolute Gasteiger partial charge is 0.143 e. The van der Waals surface area contributed by atoms with Crippen molar-refractivity contribution in [3.63, 3.8) is 0 Å². The van der Waals surface area contributed by atoms with Gasteiger partial charge >= 0.3 is 0 Å². The van der Waals surface area contributed by atoms with Gasteiger partial charge < -0.3 is 20.5 Å².